The third-order valence-electron chi connectivity index (χ3n) is 5.95. The van der Waals surface area contributed by atoms with Crippen LogP contribution in [0.1, 0.15) is 45.4 Å². The molecule has 1 amide bonds. The van der Waals surface area contributed by atoms with Gasteiger partial charge in [0.05, 0.1) is 0 Å². The third kappa shape index (κ3) is 2.67. The molecule has 0 aromatic carbocycles. The summed E-state index contributed by atoms with van der Waals surface area (Å²) in [6.07, 6.45) is 7.51. The van der Waals surface area contributed by atoms with Crippen molar-refractivity contribution in [3.8, 4) is 0 Å². The van der Waals surface area contributed by atoms with E-state index in [0.29, 0.717) is 23.8 Å². The molecule has 0 aromatic heterocycles. The number of nitrogens with zero attached hydrogens (tertiary/aromatic N) is 1. The molecule has 108 valence electrons. The van der Waals surface area contributed by atoms with Gasteiger partial charge in [-0.25, -0.2) is 0 Å². The molecule has 3 fully saturated rings. The van der Waals surface area contributed by atoms with E-state index in [-0.39, 0.29) is 0 Å². The average molecular weight is 264 g/mol. The lowest BCUT2D eigenvalue weighted by Crippen LogP contribution is -2.49. The zero-order valence-corrected chi connectivity index (χ0v) is 12.4. The lowest BCUT2D eigenvalue weighted by atomic mass is 9.85. The first-order chi connectivity index (χ1) is 9.17. The molecular weight excluding hydrogens is 236 g/mol. The van der Waals surface area contributed by atoms with E-state index in [4.69, 9.17) is 0 Å². The minimum absolute atomic E-state index is 0.430. The molecule has 5 atom stereocenters. The van der Waals surface area contributed by atoms with E-state index in [1.165, 1.54) is 25.7 Å². The van der Waals surface area contributed by atoms with Gasteiger partial charge >= 0.3 is 0 Å². The highest BCUT2D eigenvalue weighted by molar-refractivity contribution is 5.76. The number of amides is 1. The fraction of sp³-hybridized carbons (Fsp3) is 0.938. The molecule has 3 nitrogen and oxygen atoms in total. The van der Waals surface area contributed by atoms with Crippen molar-refractivity contribution in [2.24, 2.45) is 23.7 Å². The van der Waals surface area contributed by atoms with Gasteiger partial charge in [-0.2, -0.15) is 0 Å². The van der Waals surface area contributed by atoms with E-state index in [1.807, 2.05) is 7.05 Å². The molecule has 1 aliphatic heterocycles. The molecule has 5 unspecified atom stereocenters. The van der Waals surface area contributed by atoms with Crippen LogP contribution in [-0.4, -0.2) is 37.0 Å². The van der Waals surface area contributed by atoms with Crippen molar-refractivity contribution >= 4 is 5.91 Å². The molecule has 0 radical (unpaired) electrons. The summed E-state index contributed by atoms with van der Waals surface area (Å²) in [6.45, 7) is 4.17. The summed E-state index contributed by atoms with van der Waals surface area (Å²) in [7, 11) is 2.04. The maximum absolute atomic E-state index is 12.5. The first-order valence-electron chi connectivity index (χ1n) is 8.12. The Balaban J connectivity index is 1.51. The number of nitrogens with one attached hydrogen (secondary N) is 1. The lowest BCUT2D eigenvalue weighted by Gasteiger charge is -2.37. The molecular formula is C16H28N2O. The van der Waals surface area contributed by atoms with Crippen LogP contribution in [0.25, 0.3) is 0 Å². The van der Waals surface area contributed by atoms with Gasteiger partial charge in [0, 0.05) is 25.6 Å². The fourth-order valence-corrected chi connectivity index (χ4v) is 4.78. The molecule has 1 heterocycles. The van der Waals surface area contributed by atoms with E-state index >= 15 is 0 Å². The van der Waals surface area contributed by atoms with Crippen LogP contribution in [0.15, 0.2) is 0 Å². The summed E-state index contributed by atoms with van der Waals surface area (Å²) in [5.74, 6) is 3.56. The number of likely N-dealkylation sites (tertiary alicyclic amines) is 1. The first-order valence-corrected chi connectivity index (χ1v) is 8.12. The SMILES string of the molecule is CNC1CCN(C(=O)CC2CC3CCC2C3)CC1C. The van der Waals surface area contributed by atoms with Gasteiger partial charge in [0.25, 0.3) is 0 Å². The van der Waals surface area contributed by atoms with Gasteiger partial charge in [-0.1, -0.05) is 13.3 Å². The molecule has 2 saturated carbocycles. The van der Waals surface area contributed by atoms with E-state index < -0.39 is 0 Å². The number of hydrogen-bond acceptors (Lipinski definition) is 2. The van der Waals surface area contributed by atoms with Crippen LogP contribution in [0.4, 0.5) is 0 Å². The minimum Gasteiger partial charge on any atom is -0.342 e. The Bertz CT molecular complexity index is 344. The third-order valence-corrected chi connectivity index (χ3v) is 5.95. The van der Waals surface area contributed by atoms with E-state index in [1.54, 1.807) is 0 Å². The van der Waals surface area contributed by atoms with E-state index in [9.17, 15) is 4.79 Å². The standard InChI is InChI=1S/C16H28N2O/c1-11-10-18(6-5-15(11)17-2)16(19)9-14-8-12-3-4-13(14)7-12/h11-15,17H,3-10H2,1-2H3. The van der Waals surface area contributed by atoms with Gasteiger partial charge in [-0.15, -0.1) is 0 Å². The fourth-order valence-electron chi connectivity index (χ4n) is 4.78. The first kappa shape index (κ1) is 13.4. The van der Waals surface area contributed by atoms with Crippen molar-refractivity contribution in [1.82, 2.24) is 10.2 Å². The number of piperidine rings is 1. The van der Waals surface area contributed by atoms with E-state index in [2.05, 4.69) is 17.1 Å². The second-order valence-electron chi connectivity index (χ2n) is 7.14. The van der Waals surface area contributed by atoms with Crippen LogP contribution in [0.5, 0.6) is 0 Å². The monoisotopic (exact) mass is 264 g/mol. The maximum atomic E-state index is 12.5. The summed E-state index contributed by atoms with van der Waals surface area (Å²) in [4.78, 5) is 14.6. The topological polar surface area (TPSA) is 32.3 Å². The van der Waals surface area contributed by atoms with Crippen molar-refractivity contribution in [3.63, 3.8) is 0 Å². The van der Waals surface area contributed by atoms with E-state index in [0.717, 1.165) is 37.8 Å². The number of carbonyl (C=O) groups excluding carboxylic acids is 1. The number of rotatable bonds is 3. The molecule has 2 aliphatic carbocycles. The molecule has 3 rings (SSSR count). The molecule has 0 aromatic rings. The van der Waals surface area contributed by atoms with Gasteiger partial charge in [0.15, 0.2) is 0 Å². The summed E-state index contributed by atoms with van der Waals surface area (Å²) in [5, 5.41) is 3.37. The Morgan fingerprint density at radius 3 is 2.68 bits per heavy atom. The van der Waals surface area contributed by atoms with Crippen molar-refractivity contribution < 1.29 is 4.79 Å². The predicted molar refractivity (Wildman–Crippen MR) is 76.8 cm³/mol. The Kier molecular flexibility index (Phi) is 3.84. The molecule has 1 saturated heterocycles. The Morgan fingerprint density at radius 1 is 1.26 bits per heavy atom. The molecule has 2 bridgehead atoms. The summed E-state index contributed by atoms with van der Waals surface area (Å²) in [5.41, 5.74) is 0. The predicted octanol–water partition coefficient (Wildman–Crippen LogP) is 2.27. The Labute approximate surface area is 117 Å². The van der Waals surface area contributed by atoms with Crippen molar-refractivity contribution in [2.75, 3.05) is 20.1 Å². The number of carbonyl (C=O) groups is 1. The van der Waals surface area contributed by atoms with Crippen LogP contribution in [0.2, 0.25) is 0 Å². The smallest absolute Gasteiger partial charge is 0.222 e. The highest BCUT2D eigenvalue weighted by atomic mass is 16.2. The van der Waals surface area contributed by atoms with Crippen molar-refractivity contribution in [3.05, 3.63) is 0 Å². The van der Waals surface area contributed by atoms with Gasteiger partial charge < -0.3 is 10.2 Å². The zero-order chi connectivity index (χ0) is 13.4. The Hall–Kier alpha value is -0.570. The van der Waals surface area contributed by atoms with Gasteiger partial charge in [-0.3, -0.25) is 4.79 Å². The molecule has 1 N–H and O–H groups in total. The largest absolute Gasteiger partial charge is 0.342 e. The zero-order valence-electron chi connectivity index (χ0n) is 12.4. The number of fused-ring (bicyclic) bond motifs is 2. The van der Waals surface area contributed by atoms with Crippen molar-refractivity contribution in [1.29, 1.82) is 0 Å². The normalized spacial score (nSPS) is 41.8. The second-order valence-corrected chi connectivity index (χ2v) is 7.14. The minimum atomic E-state index is 0.430. The summed E-state index contributed by atoms with van der Waals surface area (Å²) < 4.78 is 0. The average Bonchev–Trinajstić information content (AvgIpc) is 3.00. The van der Waals surface area contributed by atoms with Gasteiger partial charge in [0.2, 0.25) is 5.91 Å². The maximum Gasteiger partial charge on any atom is 0.222 e. The highest BCUT2D eigenvalue weighted by Crippen LogP contribution is 2.49. The molecule has 0 spiro atoms. The van der Waals surface area contributed by atoms with Crippen LogP contribution >= 0.6 is 0 Å². The van der Waals surface area contributed by atoms with Crippen LogP contribution in [0.3, 0.4) is 0 Å². The molecule has 19 heavy (non-hydrogen) atoms. The molecule has 3 aliphatic rings. The molecule has 3 heteroatoms. The van der Waals surface area contributed by atoms with Crippen LogP contribution in [-0.2, 0) is 4.79 Å². The van der Waals surface area contributed by atoms with Gasteiger partial charge in [-0.05, 0) is 56.4 Å². The lowest BCUT2D eigenvalue weighted by molar-refractivity contribution is -0.134. The number of hydrogen-bond donors (Lipinski definition) is 1. The van der Waals surface area contributed by atoms with Crippen molar-refractivity contribution in [2.45, 2.75) is 51.5 Å². The van der Waals surface area contributed by atoms with Crippen LogP contribution < -0.4 is 5.32 Å². The summed E-state index contributed by atoms with van der Waals surface area (Å²) >= 11 is 0. The van der Waals surface area contributed by atoms with Crippen LogP contribution in [0, 0.1) is 23.7 Å². The Morgan fingerprint density at radius 2 is 2.11 bits per heavy atom. The quantitative estimate of drug-likeness (QED) is 0.848. The second kappa shape index (κ2) is 5.43. The summed E-state index contributed by atoms with van der Waals surface area (Å²) in [6, 6.07) is 0.589. The van der Waals surface area contributed by atoms with Gasteiger partial charge in [0.1, 0.15) is 0 Å². The highest BCUT2D eigenvalue weighted by Gasteiger charge is 2.41.